The molecule has 0 bridgehead atoms. The maximum atomic E-state index is 10.5. The van der Waals surface area contributed by atoms with E-state index in [0.29, 0.717) is 12.0 Å². The van der Waals surface area contributed by atoms with Crippen LogP contribution in [0.5, 0.6) is 11.5 Å². The Morgan fingerprint density at radius 3 is 2.86 bits per heavy atom. The Kier molecular flexibility index (Phi) is 4.93. The molecular formula is C9H8I2O3. The number of aromatic hydroxyl groups is 1. The van der Waals surface area contributed by atoms with Crippen LogP contribution in [0, 0.1) is 0 Å². The summed E-state index contributed by atoms with van der Waals surface area (Å²) in [6.45, 7) is 0. The third-order valence-electron chi connectivity index (χ3n) is 1.53. The van der Waals surface area contributed by atoms with Crippen molar-refractivity contribution in [3.63, 3.8) is 0 Å². The van der Waals surface area contributed by atoms with E-state index in [0.717, 1.165) is 4.43 Å². The molecule has 0 fully saturated rings. The van der Waals surface area contributed by atoms with Gasteiger partial charge in [-0.3, -0.25) is 4.79 Å². The Morgan fingerprint density at radius 2 is 2.29 bits per heavy atom. The summed E-state index contributed by atoms with van der Waals surface area (Å²) in [4.78, 5) is 10.5. The lowest BCUT2D eigenvalue weighted by molar-refractivity contribution is 0.112. The molecule has 1 aromatic carbocycles. The first-order valence-electron chi connectivity index (χ1n) is 3.83. The van der Waals surface area contributed by atoms with Gasteiger partial charge in [-0.1, -0.05) is 28.7 Å². The van der Waals surface area contributed by atoms with Crippen molar-refractivity contribution >= 4 is 51.5 Å². The number of halogens is 2. The molecule has 0 aliphatic carbocycles. The monoisotopic (exact) mass is 418 g/mol. The zero-order valence-corrected chi connectivity index (χ0v) is 11.4. The molecule has 0 saturated carbocycles. The highest BCUT2D eigenvalue weighted by Crippen LogP contribution is 2.30. The van der Waals surface area contributed by atoms with Gasteiger partial charge < -0.3 is 9.84 Å². The Morgan fingerprint density at radius 1 is 1.57 bits per heavy atom. The molecule has 1 atom stereocenters. The number of hydrogen-bond acceptors (Lipinski definition) is 3. The molecule has 0 aromatic heterocycles. The highest BCUT2D eigenvalue weighted by molar-refractivity contribution is 14.1. The number of carbonyl (C=O) groups is 1. The molecule has 1 aromatic rings. The number of aldehydes is 1. The van der Waals surface area contributed by atoms with Gasteiger partial charge in [-0.25, -0.2) is 0 Å². The summed E-state index contributed by atoms with van der Waals surface area (Å²) in [5.41, 5.74) is 0.250. The van der Waals surface area contributed by atoms with Crippen LogP contribution in [0.25, 0.3) is 0 Å². The van der Waals surface area contributed by atoms with Crippen LogP contribution >= 0.6 is 45.2 Å². The third kappa shape index (κ3) is 2.97. The lowest BCUT2D eigenvalue weighted by Crippen LogP contribution is -2.09. The highest BCUT2D eigenvalue weighted by atomic mass is 127. The number of phenolic OH excluding ortho intramolecular Hbond substituents is 1. The number of para-hydroxylation sites is 1. The van der Waals surface area contributed by atoms with Crippen LogP contribution < -0.4 is 4.74 Å². The Balaban J connectivity index is 2.92. The van der Waals surface area contributed by atoms with Gasteiger partial charge in [0.1, 0.15) is 0 Å². The summed E-state index contributed by atoms with van der Waals surface area (Å²) in [5.74, 6) is 0.264. The van der Waals surface area contributed by atoms with Crippen molar-refractivity contribution in [2.45, 2.75) is 4.11 Å². The van der Waals surface area contributed by atoms with Gasteiger partial charge in [0.25, 0.3) is 0 Å². The number of rotatable bonds is 4. The van der Waals surface area contributed by atoms with E-state index in [1.54, 1.807) is 18.2 Å². The van der Waals surface area contributed by atoms with E-state index in [4.69, 9.17) is 4.74 Å². The van der Waals surface area contributed by atoms with Crippen LogP contribution in [0.4, 0.5) is 0 Å². The first-order chi connectivity index (χ1) is 6.69. The van der Waals surface area contributed by atoms with Crippen molar-refractivity contribution in [2.24, 2.45) is 0 Å². The van der Waals surface area contributed by atoms with E-state index in [2.05, 4.69) is 45.2 Å². The van der Waals surface area contributed by atoms with Crippen LogP contribution in [-0.2, 0) is 0 Å². The van der Waals surface area contributed by atoms with Gasteiger partial charge in [0, 0.05) is 4.43 Å². The van der Waals surface area contributed by atoms with Crippen LogP contribution in [0.2, 0.25) is 0 Å². The number of phenols is 1. The topological polar surface area (TPSA) is 46.5 Å². The van der Waals surface area contributed by atoms with Crippen LogP contribution in [-0.4, -0.2) is 19.9 Å². The second kappa shape index (κ2) is 5.74. The molecule has 1 unspecified atom stereocenters. The van der Waals surface area contributed by atoms with E-state index in [9.17, 15) is 9.90 Å². The van der Waals surface area contributed by atoms with E-state index in [-0.39, 0.29) is 15.4 Å². The summed E-state index contributed by atoms with van der Waals surface area (Å²) in [6.07, 6.45) is 0.606. The molecule has 3 nitrogen and oxygen atoms in total. The summed E-state index contributed by atoms with van der Waals surface area (Å²) in [6, 6.07) is 4.86. The molecule has 0 aliphatic heterocycles. The second-order valence-corrected chi connectivity index (χ2v) is 4.76. The van der Waals surface area contributed by atoms with Gasteiger partial charge >= 0.3 is 0 Å². The molecule has 0 spiro atoms. The quantitative estimate of drug-likeness (QED) is 0.465. The minimum Gasteiger partial charge on any atom is -0.504 e. The number of hydrogen-bond donors (Lipinski definition) is 1. The summed E-state index contributed by atoms with van der Waals surface area (Å²) >= 11 is 4.31. The van der Waals surface area contributed by atoms with Crippen molar-refractivity contribution in [2.75, 3.05) is 4.43 Å². The number of carbonyl (C=O) groups excluding carboxylic acids is 1. The minimum atomic E-state index is -0.0889. The maximum Gasteiger partial charge on any atom is 0.168 e. The van der Waals surface area contributed by atoms with E-state index in [1.165, 1.54) is 0 Å². The molecule has 1 N–H and O–H groups in total. The zero-order valence-electron chi connectivity index (χ0n) is 7.11. The molecule has 14 heavy (non-hydrogen) atoms. The Labute approximate surface area is 109 Å². The SMILES string of the molecule is O=Cc1cccc(OC(I)CI)c1O. The largest absolute Gasteiger partial charge is 0.504 e. The molecule has 0 aliphatic rings. The van der Waals surface area contributed by atoms with Crippen molar-refractivity contribution in [3.05, 3.63) is 23.8 Å². The van der Waals surface area contributed by atoms with E-state index in [1.807, 2.05) is 0 Å². The van der Waals surface area contributed by atoms with Crippen LogP contribution in [0.1, 0.15) is 10.4 Å². The lowest BCUT2D eigenvalue weighted by Gasteiger charge is -2.12. The predicted octanol–water partition coefficient (Wildman–Crippen LogP) is 2.78. The van der Waals surface area contributed by atoms with Crippen molar-refractivity contribution in [1.29, 1.82) is 0 Å². The molecule has 1 rings (SSSR count). The van der Waals surface area contributed by atoms with Crippen LogP contribution in [0.3, 0.4) is 0 Å². The van der Waals surface area contributed by atoms with E-state index >= 15 is 0 Å². The summed E-state index contributed by atoms with van der Waals surface area (Å²) < 4.78 is 6.20. The van der Waals surface area contributed by atoms with E-state index < -0.39 is 0 Å². The van der Waals surface area contributed by atoms with Gasteiger partial charge in [0.2, 0.25) is 0 Å². The second-order valence-electron chi connectivity index (χ2n) is 2.49. The standard InChI is InChI=1S/C9H8I2O3/c10-4-8(11)14-7-3-1-2-6(5-12)9(7)13/h1-3,5,8,13H,4H2. The average molecular weight is 418 g/mol. The molecule has 0 heterocycles. The van der Waals surface area contributed by atoms with Crippen molar-refractivity contribution in [3.8, 4) is 11.5 Å². The van der Waals surface area contributed by atoms with Gasteiger partial charge in [-0.05, 0) is 34.7 Å². The van der Waals surface area contributed by atoms with Gasteiger partial charge in [-0.15, -0.1) is 0 Å². The van der Waals surface area contributed by atoms with Crippen molar-refractivity contribution < 1.29 is 14.6 Å². The van der Waals surface area contributed by atoms with Gasteiger partial charge in [-0.2, -0.15) is 0 Å². The number of benzene rings is 1. The van der Waals surface area contributed by atoms with Gasteiger partial charge in [0.05, 0.1) is 5.56 Å². The molecule has 76 valence electrons. The molecule has 0 saturated heterocycles. The average Bonchev–Trinajstić information content (AvgIpc) is 2.21. The summed E-state index contributed by atoms with van der Waals surface area (Å²) in [7, 11) is 0. The predicted molar refractivity (Wildman–Crippen MR) is 70.8 cm³/mol. The van der Waals surface area contributed by atoms with Gasteiger partial charge in [0.15, 0.2) is 21.9 Å². The lowest BCUT2D eigenvalue weighted by atomic mass is 10.2. The maximum absolute atomic E-state index is 10.5. The highest BCUT2D eigenvalue weighted by Gasteiger charge is 2.10. The molecular weight excluding hydrogens is 410 g/mol. The molecule has 0 amide bonds. The summed E-state index contributed by atoms with van der Waals surface area (Å²) in [5, 5.41) is 9.57. The zero-order chi connectivity index (χ0) is 10.6. The minimum absolute atomic E-state index is 0.0130. The Hall–Kier alpha value is -0.0500. The Bertz CT molecular complexity index is 328. The smallest absolute Gasteiger partial charge is 0.168 e. The van der Waals surface area contributed by atoms with Crippen molar-refractivity contribution in [1.82, 2.24) is 0 Å². The molecule has 5 heteroatoms. The normalized spacial score (nSPS) is 12.1. The third-order valence-corrected chi connectivity index (χ3v) is 4.71. The first-order valence-corrected chi connectivity index (χ1v) is 6.60. The fourth-order valence-electron chi connectivity index (χ4n) is 0.899. The number of ether oxygens (including phenoxy) is 1. The molecule has 0 radical (unpaired) electrons. The van der Waals surface area contributed by atoms with Crippen LogP contribution in [0.15, 0.2) is 18.2 Å². The fraction of sp³-hybridized carbons (Fsp3) is 0.222. The fourth-order valence-corrected chi connectivity index (χ4v) is 1.35. The number of alkyl halides is 2. The first kappa shape index (κ1) is 12.0.